The minimum absolute atomic E-state index is 0.187. The number of benzene rings is 1. The van der Waals surface area contributed by atoms with Crippen molar-refractivity contribution in [1.82, 2.24) is 19.8 Å². The van der Waals surface area contributed by atoms with E-state index < -0.39 is 0 Å². The zero-order chi connectivity index (χ0) is 19.2. The van der Waals surface area contributed by atoms with Crippen molar-refractivity contribution in [2.45, 2.75) is 0 Å². The van der Waals surface area contributed by atoms with Crippen LogP contribution in [0.4, 0.5) is 11.6 Å². The third kappa shape index (κ3) is 4.25. The molecule has 1 N–H and O–H groups in total. The fourth-order valence-corrected chi connectivity index (χ4v) is 2.75. The molecule has 9 nitrogen and oxygen atoms in total. The molecule has 1 aliphatic rings. The number of piperazine rings is 1. The highest BCUT2D eigenvalue weighted by Crippen LogP contribution is 2.30. The van der Waals surface area contributed by atoms with Crippen molar-refractivity contribution < 1.29 is 19.1 Å². The van der Waals surface area contributed by atoms with Crippen LogP contribution in [0.5, 0.6) is 11.5 Å². The molecule has 1 aliphatic heterocycles. The van der Waals surface area contributed by atoms with Crippen LogP contribution in [0.1, 0.15) is 10.5 Å². The number of nitrogens with zero attached hydrogens (tertiary/aromatic N) is 4. The van der Waals surface area contributed by atoms with Crippen molar-refractivity contribution in [3.63, 3.8) is 0 Å². The van der Waals surface area contributed by atoms with Gasteiger partial charge in [0.05, 0.1) is 19.9 Å². The molecule has 0 saturated carbocycles. The van der Waals surface area contributed by atoms with Crippen molar-refractivity contribution >= 4 is 24.0 Å². The van der Waals surface area contributed by atoms with Crippen LogP contribution in [0.25, 0.3) is 0 Å². The Hall–Kier alpha value is -3.36. The molecule has 0 aliphatic carbocycles. The molecule has 142 valence electrons. The second-order valence-electron chi connectivity index (χ2n) is 5.89. The van der Waals surface area contributed by atoms with E-state index in [0.29, 0.717) is 49.1 Å². The standard InChI is InChI=1S/C18H21N5O4/c1-26-13-3-4-14(16(11-13)27-2)20-18-19-6-5-15(21-18)17(25)23-9-7-22(12-24)8-10-23/h3-6,11-12H,7-10H2,1-2H3,(H,19,20,21). The van der Waals surface area contributed by atoms with Crippen LogP contribution in [0.2, 0.25) is 0 Å². The summed E-state index contributed by atoms with van der Waals surface area (Å²) in [4.78, 5) is 35.3. The smallest absolute Gasteiger partial charge is 0.272 e. The molecule has 1 aromatic heterocycles. The largest absolute Gasteiger partial charge is 0.497 e. The van der Waals surface area contributed by atoms with Crippen molar-refractivity contribution in [2.24, 2.45) is 0 Å². The number of carbonyl (C=O) groups excluding carboxylic acids is 2. The first-order valence-electron chi connectivity index (χ1n) is 8.45. The van der Waals surface area contributed by atoms with E-state index in [1.807, 2.05) is 0 Å². The first-order valence-corrected chi connectivity index (χ1v) is 8.45. The van der Waals surface area contributed by atoms with Gasteiger partial charge in [-0.25, -0.2) is 9.97 Å². The van der Waals surface area contributed by atoms with E-state index in [2.05, 4.69) is 15.3 Å². The van der Waals surface area contributed by atoms with Gasteiger partial charge in [0.1, 0.15) is 17.2 Å². The summed E-state index contributed by atoms with van der Waals surface area (Å²) in [6, 6.07) is 6.88. The molecule has 3 rings (SSSR count). The maximum absolute atomic E-state index is 12.7. The Morgan fingerprint density at radius 1 is 1.15 bits per heavy atom. The number of hydrogen-bond donors (Lipinski definition) is 1. The predicted octanol–water partition coefficient (Wildman–Crippen LogP) is 1.15. The minimum atomic E-state index is -0.187. The zero-order valence-electron chi connectivity index (χ0n) is 15.2. The predicted molar refractivity (Wildman–Crippen MR) is 98.4 cm³/mol. The summed E-state index contributed by atoms with van der Waals surface area (Å²) >= 11 is 0. The second kappa shape index (κ2) is 8.35. The van der Waals surface area contributed by atoms with E-state index in [0.717, 1.165) is 6.41 Å². The first-order chi connectivity index (χ1) is 13.1. The molecule has 9 heteroatoms. The van der Waals surface area contributed by atoms with E-state index >= 15 is 0 Å². The molecule has 2 amide bonds. The third-order valence-corrected chi connectivity index (χ3v) is 4.28. The number of amides is 2. The summed E-state index contributed by atoms with van der Waals surface area (Å²) in [6.07, 6.45) is 2.33. The molecule has 0 radical (unpaired) electrons. The van der Waals surface area contributed by atoms with E-state index in [1.54, 1.807) is 48.3 Å². The molecule has 2 heterocycles. The number of carbonyl (C=O) groups is 2. The summed E-state index contributed by atoms with van der Waals surface area (Å²) < 4.78 is 10.5. The van der Waals surface area contributed by atoms with Crippen LogP contribution in [-0.4, -0.2) is 72.5 Å². The number of aromatic nitrogens is 2. The Balaban J connectivity index is 1.74. The molecular formula is C18H21N5O4. The van der Waals surface area contributed by atoms with Crippen LogP contribution >= 0.6 is 0 Å². The zero-order valence-corrected chi connectivity index (χ0v) is 15.2. The number of ether oxygens (including phenoxy) is 2. The van der Waals surface area contributed by atoms with Crippen LogP contribution in [-0.2, 0) is 4.79 Å². The molecule has 0 atom stereocenters. The van der Waals surface area contributed by atoms with Gasteiger partial charge < -0.3 is 24.6 Å². The van der Waals surface area contributed by atoms with Crippen LogP contribution in [0, 0.1) is 0 Å². The SMILES string of the molecule is COc1ccc(Nc2nccc(C(=O)N3CCN(C=O)CC3)n2)c(OC)c1. The topological polar surface area (TPSA) is 96.9 Å². The maximum Gasteiger partial charge on any atom is 0.272 e. The lowest BCUT2D eigenvalue weighted by molar-refractivity contribution is -0.119. The van der Waals surface area contributed by atoms with Crippen molar-refractivity contribution in [2.75, 3.05) is 45.7 Å². The fraction of sp³-hybridized carbons (Fsp3) is 0.333. The second-order valence-corrected chi connectivity index (χ2v) is 5.89. The van der Waals surface area contributed by atoms with Crippen molar-refractivity contribution in [1.29, 1.82) is 0 Å². The first kappa shape index (κ1) is 18.4. The van der Waals surface area contributed by atoms with Gasteiger partial charge in [-0.1, -0.05) is 0 Å². The summed E-state index contributed by atoms with van der Waals surface area (Å²) in [5.74, 6) is 1.33. The Kier molecular flexibility index (Phi) is 5.70. The Morgan fingerprint density at radius 3 is 2.59 bits per heavy atom. The van der Waals surface area contributed by atoms with Gasteiger partial charge >= 0.3 is 0 Å². The molecular weight excluding hydrogens is 350 g/mol. The number of methoxy groups -OCH3 is 2. The van der Waals surface area contributed by atoms with E-state index in [4.69, 9.17) is 9.47 Å². The number of anilines is 2. The summed E-state index contributed by atoms with van der Waals surface area (Å²) in [6.45, 7) is 2.01. The lowest BCUT2D eigenvalue weighted by atomic mass is 10.2. The lowest BCUT2D eigenvalue weighted by Gasteiger charge is -2.32. The third-order valence-electron chi connectivity index (χ3n) is 4.28. The van der Waals surface area contributed by atoms with Crippen molar-refractivity contribution in [3.8, 4) is 11.5 Å². The van der Waals surface area contributed by atoms with Gasteiger partial charge in [0.15, 0.2) is 0 Å². The van der Waals surface area contributed by atoms with Gasteiger partial charge in [-0.2, -0.15) is 0 Å². The fourth-order valence-electron chi connectivity index (χ4n) is 2.75. The Bertz CT molecular complexity index is 821. The van der Waals surface area contributed by atoms with E-state index in [-0.39, 0.29) is 11.9 Å². The molecule has 1 fully saturated rings. The number of rotatable bonds is 6. The average molecular weight is 371 g/mol. The van der Waals surface area contributed by atoms with Gasteiger partial charge in [-0.05, 0) is 18.2 Å². The monoisotopic (exact) mass is 371 g/mol. The summed E-state index contributed by atoms with van der Waals surface area (Å²) in [5, 5.41) is 3.06. The van der Waals surface area contributed by atoms with Gasteiger partial charge in [-0.3, -0.25) is 9.59 Å². The van der Waals surface area contributed by atoms with Gasteiger partial charge in [0, 0.05) is 38.4 Å². The van der Waals surface area contributed by atoms with Gasteiger partial charge in [-0.15, -0.1) is 0 Å². The van der Waals surface area contributed by atoms with E-state index in [9.17, 15) is 9.59 Å². The minimum Gasteiger partial charge on any atom is -0.497 e. The number of nitrogens with one attached hydrogen (secondary N) is 1. The van der Waals surface area contributed by atoms with E-state index in [1.165, 1.54) is 6.20 Å². The van der Waals surface area contributed by atoms with Gasteiger partial charge in [0.25, 0.3) is 5.91 Å². The molecule has 1 saturated heterocycles. The highest BCUT2D eigenvalue weighted by atomic mass is 16.5. The molecule has 0 bridgehead atoms. The molecule has 0 spiro atoms. The number of hydrogen-bond acceptors (Lipinski definition) is 7. The molecule has 27 heavy (non-hydrogen) atoms. The summed E-state index contributed by atoms with van der Waals surface area (Å²) in [5.41, 5.74) is 0.946. The highest BCUT2D eigenvalue weighted by Gasteiger charge is 2.22. The maximum atomic E-state index is 12.7. The Morgan fingerprint density at radius 2 is 1.93 bits per heavy atom. The van der Waals surface area contributed by atoms with Crippen LogP contribution in [0.3, 0.4) is 0 Å². The Labute approximate surface area is 156 Å². The average Bonchev–Trinajstić information content (AvgIpc) is 2.73. The summed E-state index contributed by atoms with van der Waals surface area (Å²) in [7, 11) is 3.13. The lowest BCUT2D eigenvalue weighted by Crippen LogP contribution is -2.48. The molecule has 1 aromatic carbocycles. The normalized spacial score (nSPS) is 13.9. The van der Waals surface area contributed by atoms with Gasteiger partial charge in [0.2, 0.25) is 12.4 Å². The quantitative estimate of drug-likeness (QED) is 0.761. The van der Waals surface area contributed by atoms with Crippen LogP contribution in [0.15, 0.2) is 30.5 Å². The highest BCUT2D eigenvalue weighted by molar-refractivity contribution is 5.92. The molecule has 2 aromatic rings. The van der Waals surface area contributed by atoms with Crippen molar-refractivity contribution in [3.05, 3.63) is 36.2 Å². The molecule has 0 unspecified atom stereocenters. The van der Waals surface area contributed by atoms with Crippen LogP contribution < -0.4 is 14.8 Å².